The molecule has 4 nitrogen and oxygen atoms in total. The average molecular weight is 282 g/mol. The number of aliphatic hydroxyl groups excluding tert-OH is 1. The van der Waals surface area contributed by atoms with Gasteiger partial charge in [0.05, 0.1) is 29.6 Å². The highest BCUT2D eigenvalue weighted by Gasteiger charge is 2.33. The summed E-state index contributed by atoms with van der Waals surface area (Å²) in [6.45, 7) is 3.73. The molecule has 0 saturated heterocycles. The molecule has 0 aromatic heterocycles. The molecule has 0 unspecified atom stereocenters. The molecule has 4 N–H and O–H groups in total. The summed E-state index contributed by atoms with van der Waals surface area (Å²) in [5, 5.41) is 12.9. The molecule has 0 atom stereocenters. The Hall–Kier alpha value is -1.49. The molecule has 1 aromatic rings. The van der Waals surface area contributed by atoms with Crippen LogP contribution in [0.2, 0.25) is 0 Å². The van der Waals surface area contributed by atoms with Crippen molar-refractivity contribution in [2.45, 2.75) is 51.2 Å². The number of hydrogen-bond donors (Lipinski definition) is 3. The molecule has 1 aliphatic rings. The van der Waals surface area contributed by atoms with Crippen LogP contribution in [0.15, 0.2) is 12.1 Å². The van der Waals surface area contributed by atoms with Crippen LogP contribution in [0.4, 0.5) is 15.8 Å². The van der Waals surface area contributed by atoms with Gasteiger partial charge in [0.1, 0.15) is 0 Å². The first-order chi connectivity index (χ1) is 9.46. The minimum absolute atomic E-state index is 0.0458. The highest BCUT2D eigenvalue weighted by Crippen LogP contribution is 2.36. The topological polar surface area (TPSA) is 67.5 Å². The van der Waals surface area contributed by atoms with E-state index in [-0.39, 0.29) is 24.0 Å². The second kappa shape index (κ2) is 5.87. The highest BCUT2D eigenvalue weighted by molar-refractivity contribution is 5.69. The Kier molecular flexibility index (Phi) is 4.38. The first kappa shape index (κ1) is 14.9. The van der Waals surface area contributed by atoms with Gasteiger partial charge in [0.2, 0.25) is 0 Å². The molecule has 1 saturated carbocycles. The van der Waals surface area contributed by atoms with Gasteiger partial charge in [0.25, 0.3) is 0 Å². The third-order valence-corrected chi connectivity index (χ3v) is 3.73. The molecule has 1 aromatic carbocycles. The molecule has 0 radical (unpaired) electrons. The normalized spacial score (nSPS) is 17.4. The molecule has 20 heavy (non-hydrogen) atoms. The van der Waals surface area contributed by atoms with E-state index >= 15 is 0 Å². The van der Waals surface area contributed by atoms with Gasteiger partial charge in [-0.1, -0.05) is 12.8 Å². The van der Waals surface area contributed by atoms with Gasteiger partial charge in [-0.3, -0.25) is 0 Å². The van der Waals surface area contributed by atoms with E-state index in [4.69, 9.17) is 10.5 Å². The van der Waals surface area contributed by atoms with Gasteiger partial charge >= 0.3 is 0 Å². The van der Waals surface area contributed by atoms with E-state index in [1.807, 2.05) is 13.8 Å². The molecule has 112 valence electrons. The van der Waals surface area contributed by atoms with Gasteiger partial charge in [-0.25, -0.2) is 4.39 Å². The van der Waals surface area contributed by atoms with Crippen molar-refractivity contribution < 1.29 is 14.2 Å². The Labute approximate surface area is 119 Å². The minimum Gasteiger partial charge on any atom is -0.488 e. The van der Waals surface area contributed by atoms with Crippen molar-refractivity contribution in [3.63, 3.8) is 0 Å². The van der Waals surface area contributed by atoms with Gasteiger partial charge in [-0.05, 0) is 26.7 Å². The molecule has 5 heteroatoms. The van der Waals surface area contributed by atoms with Crippen LogP contribution in [0, 0.1) is 5.82 Å². The van der Waals surface area contributed by atoms with Gasteiger partial charge < -0.3 is 20.9 Å². The third kappa shape index (κ3) is 3.15. The maximum atomic E-state index is 13.8. The smallest absolute Gasteiger partial charge is 0.167 e. The van der Waals surface area contributed by atoms with E-state index in [1.54, 1.807) is 6.07 Å². The fourth-order valence-electron chi connectivity index (χ4n) is 2.68. The first-order valence-electron chi connectivity index (χ1n) is 7.10. The number of nitrogens with one attached hydrogen (secondary N) is 1. The van der Waals surface area contributed by atoms with Crippen LogP contribution in [0.3, 0.4) is 0 Å². The lowest BCUT2D eigenvalue weighted by Gasteiger charge is -2.30. The Morgan fingerprint density at radius 1 is 1.40 bits per heavy atom. The summed E-state index contributed by atoms with van der Waals surface area (Å²) in [6, 6.07) is 2.85. The second-order valence-corrected chi connectivity index (χ2v) is 5.81. The standard InChI is InChI=1S/C15H23FN2O2/c1-10(2)20-14-8-13(12(17)7-11(14)16)18-15(9-19)5-3-4-6-15/h7-8,10,18-19H,3-6,9,17H2,1-2H3. The summed E-state index contributed by atoms with van der Waals surface area (Å²) in [6.07, 6.45) is 3.81. The van der Waals surface area contributed by atoms with Gasteiger partial charge in [-0.2, -0.15) is 0 Å². The zero-order valence-electron chi connectivity index (χ0n) is 12.1. The predicted molar refractivity (Wildman–Crippen MR) is 78.5 cm³/mol. The quantitative estimate of drug-likeness (QED) is 0.726. The van der Waals surface area contributed by atoms with Gasteiger partial charge in [-0.15, -0.1) is 0 Å². The Bertz CT molecular complexity index is 471. The molecule has 0 aliphatic heterocycles. The van der Waals surface area contributed by atoms with Crippen LogP contribution >= 0.6 is 0 Å². The maximum absolute atomic E-state index is 13.8. The number of ether oxygens (including phenoxy) is 1. The molecule has 0 bridgehead atoms. The summed E-state index contributed by atoms with van der Waals surface area (Å²) >= 11 is 0. The summed E-state index contributed by atoms with van der Waals surface area (Å²) in [5.74, 6) is -0.283. The van der Waals surface area contributed by atoms with Crippen molar-refractivity contribution in [2.24, 2.45) is 0 Å². The van der Waals surface area contributed by atoms with Crippen LogP contribution in [-0.4, -0.2) is 23.4 Å². The largest absolute Gasteiger partial charge is 0.488 e. The lowest BCUT2D eigenvalue weighted by molar-refractivity contribution is 0.213. The van der Waals surface area contributed by atoms with Crippen LogP contribution in [0.25, 0.3) is 0 Å². The summed E-state index contributed by atoms with van der Waals surface area (Å²) in [5.41, 5.74) is 6.48. The van der Waals surface area contributed by atoms with Crippen LogP contribution in [0.1, 0.15) is 39.5 Å². The number of hydrogen-bond acceptors (Lipinski definition) is 4. The number of rotatable bonds is 5. The predicted octanol–water partition coefficient (Wildman–Crippen LogP) is 2.91. The van der Waals surface area contributed by atoms with E-state index in [0.29, 0.717) is 11.4 Å². The van der Waals surface area contributed by atoms with E-state index in [2.05, 4.69) is 5.32 Å². The molecule has 1 aliphatic carbocycles. The van der Waals surface area contributed by atoms with Crippen molar-refractivity contribution in [1.29, 1.82) is 0 Å². The minimum atomic E-state index is -0.466. The molecule has 0 spiro atoms. The van der Waals surface area contributed by atoms with Crippen molar-refractivity contribution in [3.8, 4) is 5.75 Å². The highest BCUT2D eigenvalue weighted by atomic mass is 19.1. The lowest BCUT2D eigenvalue weighted by Crippen LogP contribution is -2.39. The van der Waals surface area contributed by atoms with Crippen LogP contribution in [-0.2, 0) is 0 Å². The molecule has 1 fully saturated rings. The average Bonchev–Trinajstić information content (AvgIpc) is 2.84. The van der Waals surface area contributed by atoms with E-state index in [9.17, 15) is 9.50 Å². The van der Waals surface area contributed by atoms with Gasteiger partial charge in [0.15, 0.2) is 11.6 Å². The molecule has 2 rings (SSSR count). The van der Waals surface area contributed by atoms with Gasteiger partial charge in [0, 0.05) is 12.1 Å². The van der Waals surface area contributed by atoms with Crippen molar-refractivity contribution in [3.05, 3.63) is 17.9 Å². The second-order valence-electron chi connectivity index (χ2n) is 5.81. The SMILES string of the molecule is CC(C)Oc1cc(NC2(CO)CCCC2)c(N)cc1F. The van der Waals surface area contributed by atoms with Crippen molar-refractivity contribution >= 4 is 11.4 Å². The fraction of sp³-hybridized carbons (Fsp3) is 0.600. The van der Waals surface area contributed by atoms with Crippen molar-refractivity contribution in [1.82, 2.24) is 0 Å². The van der Waals surface area contributed by atoms with E-state index < -0.39 is 5.82 Å². The lowest BCUT2D eigenvalue weighted by atomic mass is 9.98. The number of halogens is 1. The van der Waals surface area contributed by atoms with E-state index in [1.165, 1.54) is 6.07 Å². The maximum Gasteiger partial charge on any atom is 0.167 e. The monoisotopic (exact) mass is 282 g/mol. The Balaban J connectivity index is 2.26. The summed E-state index contributed by atoms with van der Waals surface area (Å²) in [4.78, 5) is 0. The van der Waals surface area contributed by atoms with E-state index in [0.717, 1.165) is 25.7 Å². The number of benzene rings is 1. The summed E-state index contributed by atoms with van der Waals surface area (Å²) < 4.78 is 19.2. The molecule has 0 heterocycles. The number of nitrogen functional groups attached to an aromatic ring is 1. The van der Waals surface area contributed by atoms with Crippen molar-refractivity contribution in [2.75, 3.05) is 17.7 Å². The Morgan fingerprint density at radius 3 is 2.60 bits per heavy atom. The first-order valence-corrected chi connectivity index (χ1v) is 7.10. The molecular weight excluding hydrogens is 259 g/mol. The molecular formula is C15H23FN2O2. The zero-order chi connectivity index (χ0) is 14.8. The van der Waals surface area contributed by atoms with Crippen LogP contribution < -0.4 is 15.8 Å². The fourth-order valence-corrected chi connectivity index (χ4v) is 2.68. The summed E-state index contributed by atoms with van der Waals surface area (Å²) in [7, 11) is 0. The number of anilines is 2. The molecule has 0 amide bonds. The Morgan fingerprint density at radius 2 is 2.05 bits per heavy atom. The third-order valence-electron chi connectivity index (χ3n) is 3.73. The zero-order valence-corrected chi connectivity index (χ0v) is 12.1. The van der Waals surface area contributed by atoms with Crippen LogP contribution in [0.5, 0.6) is 5.75 Å². The number of nitrogens with two attached hydrogens (primary N) is 1. The number of aliphatic hydroxyl groups is 1.